The number of carbonyl (C=O) groups is 6. The van der Waals surface area contributed by atoms with Crippen LogP contribution >= 0.6 is 0 Å². The van der Waals surface area contributed by atoms with E-state index >= 15 is 0 Å². The minimum absolute atomic E-state index is 0.0185. The number of para-hydroxylation sites is 3. The maximum atomic E-state index is 15.0. The second-order valence-corrected chi connectivity index (χ2v) is 45.4. The molecule has 12 fully saturated rings. The topological polar surface area (TPSA) is 363 Å². The van der Waals surface area contributed by atoms with Gasteiger partial charge in [0.15, 0.2) is 11.5 Å². The SMILES string of the molecule is COc1c(CN2O[C@@H](CO)[C@@H]([C@H](C)O)[C@H]2C(=O)N[C@@H]2C[C@H]3C[C@@H]([C@@H]2C)C3(C)C)cccc1-c1ccc(F)c(C(=O)NCCN(C)C)c1.COc1c(CN2O[C@@H](CO)[C@H](C(C)C)[C@H]2C(=O)N[C@H]2C[C@H]3C[C@@H]([C@@H]2C)C3(C)C)cccc1-c1cc2c(c(C(=O)NCCc3ccccc3)c1)OCO2.COc1c(CN2O[C@@H](CO)[C@H]([C@H](C)O)[C@H]2C(=O)N[C@@H]2C[C@H]3C[C@@H]([C@@H]2C)C3(C)C)cccc1-c1ccc(F)c(C(=O)NCCc2ccccc2)c1. The Balaban J connectivity index is 0.000000160. The number of rotatable bonds is 36. The summed E-state index contributed by atoms with van der Waals surface area (Å²) in [5.41, 5.74) is 9.39. The fourth-order valence-corrected chi connectivity index (χ4v) is 26.4. The lowest BCUT2D eigenvalue weighted by molar-refractivity contribution is -0.183. The number of aliphatic hydroxyl groups is 5. The number of nitrogens with one attached hydrogen (secondary N) is 6. The van der Waals surface area contributed by atoms with Crippen LogP contribution in [0.25, 0.3) is 33.4 Å². The zero-order valence-electron chi connectivity index (χ0n) is 89.4. The smallest absolute Gasteiger partial charge is 0.255 e. The van der Waals surface area contributed by atoms with Crippen LogP contribution in [-0.2, 0) is 61.4 Å². The Morgan fingerprint density at radius 1 is 0.430 bits per heavy atom. The van der Waals surface area contributed by atoms with Crippen molar-refractivity contribution in [3.63, 3.8) is 0 Å². The van der Waals surface area contributed by atoms with E-state index in [2.05, 4.69) is 108 Å². The van der Waals surface area contributed by atoms with Gasteiger partial charge in [-0.1, -0.05) is 204 Å². The molecule has 9 saturated carbocycles. The molecule has 21 rings (SSSR count). The molecule has 3 saturated heterocycles. The first kappa shape index (κ1) is 111. The second kappa shape index (κ2) is 47.1. The van der Waals surface area contributed by atoms with Crippen LogP contribution in [0.4, 0.5) is 8.78 Å². The number of halogens is 2. The molecule has 13 aliphatic rings. The van der Waals surface area contributed by atoms with Crippen LogP contribution in [0.2, 0.25) is 0 Å². The Kier molecular flexibility index (Phi) is 34.9. The van der Waals surface area contributed by atoms with Crippen molar-refractivity contribution in [2.24, 2.45) is 93.2 Å². The monoisotopic (exact) mass is 2050 g/mol. The molecular weight excluding hydrogens is 1900 g/mol. The fourth-order valence-electron chi connectivity index (χ4n) is 26.4. The fraction of sp³-hybridized carbons (Fsp3) is 0.542. The van der Waals surface area contributed by atoms with E-state index < -0.39 is 83.9 Å². The van der Waals surface area contributed by atoms with Crippen LogP contribution in [-0.4, -0.2) is 236 Å². The average molecular weight is 2050 g/mol. The Labute approximate surface area is 875 Å². The number of amides is 6. The molecule has 0 unspecified atom stereocenters. The van der Waals surface area contributed by atoms with Gasteiger partial charge in [0.25, 0.3) is 17.7 Å². The number of hydroxylamine groups is 6. The summed E-state index contributed by atoms with van der Waals surface area (Å²) in [4.78, 5) is 103. The van der Waals surface area contributed by atoms with Crippen LogP contribution in [0.5, 0.6) is 28.7 Å². The molecule has 23 atom stereocenters. The van der Waals surface area contributed by atoms with Crippen molar-refractivity contribution in [3.8, 4) is 62.1 Å². The van der Waals surface area contributed by atoms with Crippen LogP contribution < -0.4 is 55.6 Å². The third kappa shape index (κ3) is 23.1. The van der Waals surface area contributed by atoms with Crippen molar-refractivity contribution in [1.82, 2.24) is 52.0 Å². The van der Waals surface area contributed by atoms with Gasteiger partial charge in [-0.05, 0) is 219 Å². The number of aliphatic hydroxyl groups excluding tert-OH is 5. The molecule has 11 N–H and O–H groups in total. The van der Waals surface area contributed by atoms with Gasteiger partial charge in [-0.15, -0.1) is 0 Å². The lowest BCUT2D eigenvalue weighted by Crippen LogP contribution is -2.62. The van der Waals surface area contributed by atoms with Gasteiger partial charge >= 0.3 is 0 Å². The van der Waals surface area contributed by atoms with E-state index in [0.717, 1.165) is 47.1 Å². The molecule has 149 heavy (non-hydrogen) atoms. The number of ether oxygens (including phenoxy) is 5. The highest BCUT2D eigenvalue weighted by Gasteiger charge is 2.62. The molecule has 9 aliphatic carbocycles. The van der Waals surface area contributed by atoms with Gasteiger partial charge in [-0.3, -0.25) is 43.3 Å². The Morgan fingerprint density at radius 3 is 1.11 bits per heavy atom. The number of hydrogen-bond acceptors (Lipinski definition) is 23. The molecule has 31 heteroatoms. The molecule has 0 aromatic heterocycles. The minimum Gasteiger partial charge on any atom is -0.496 e. The second-order valence-electron chi connectivity index (χ2n) is 45.4. The first-order chi connectivity index (χ1) is 71.2. The van der Waals surface area contributed by atoms with Crippen LogP contribution in [0, 0.1) is 105 Å². The van der Waals surface area contributed by atoms with Gasteiger partial charge in [0.1, 0.15) is 65.3 Å². The first-order valence-electron chi connectivity index (χ1n) is 53.2. The quantitative estimate of drug-likeness (QED) is 0.0174. The molecule has 8 aromatic rings. The van der Waals surface area contributed by atoms with Crippen LogP contribution in [0.3, 0.4) is 0 Å². The molecule has 6 bridgehead atoms. The normalized spacial score (nSPS) is 27.9. The number of carbonyl (C=O) groups excluding carboxylic acids is 6. The van der Waals surface area contributed by atoms with Crippen molar-refractivity contribution in [2.45, 2.75) is 228 Å². The van der Waals surface area contributed by atoms with E-state index in [1.165, 1.54) is 57.7 Å². The Morgan fingerprint density at radius 2 is 0.772 bits per heavy atom. The third-order valence-electron chi connectivity index (χ3n) is 35.3. The third-order valence-corrected chi connectivity index (χ3v) is 35.3. The highest BCUT2D eigenvalue weighted by Crippen LogP contribution is 2.64. The molecule has 6 amide bonds. The molecule has 0 spiro atoms. The van der Waals surface area contributed by atoms with E-state index in [1.54, 1.807) is 48.3 Å². The predicted octanol–water partition coefficient (Wildman–Crippen LogP) is 14.6. The standard InChI is InChI=1S/C42H53N3O7.C40H50FN3O6.C36H51FN4O6/c1-24(2)36-35(22-46)52-45(37(36)41(48)44-33-20-29-19-32(25(33)3)42(29,4)5)21-27-13-10-14-30(38(27)49-6)28-17-31(39-34(18-28)50-23-51-39)40(47)43-16-15-26-11-8-7-9-12-26;1-23-31-19-28(40(31,3)4)20-33(23)43-39(48)36-35(24(2)46)34(22-45)50-44(36)21-27-12-9-13-29(37(27)49-5)26-14-15-32(41)30(18-26)38(47)42-17-16-25-10-7-6-8-11-25;1-20-27-16-24(36(27,3)4)17-29(20)39-35(45)32-31(21(2)43)30(19-42)47-41(32)18-23-9-8-10-25(33(23)46-7)22-11-12-28(37)26(15-22)34(44)38-13-14-40(5)6/h7-14,17-18,24-25,29,32-33,35-37,46H,15-16,19-23H2,1-6H3,(H,43,47)(H,44,48);6-15,18,23-24,28,31,33-36,45-46H,16-17,19-22H2,1-5H3,(H,42,47)(H,43,48);8-12,15,20-21,24,27,29-32,42-43H,13-14,16-19H2,1-7H3,(H,38,44)(H,39,45)/t25-,29+,32-,33-,35-,36-,37-;23-,24-,28+,31-,33+,34-,35-,36-;20-,21-,24+,27-,29+,30-,31+,32-/m000/s1. The molecule has 29 nitrogen and oxygen atoms in total. The number of hydrogen-bond donors (Lipinski definition) is 11. The maximum Gasteiger partial charge on any atom is 0.255 e. The number of benzene rings is 8. The summed E-state index contributed by atoms with van der Waals surface area (Å²) in [6, 6.07) is 46.9. The summed E-state index contributed by atoms with van der Waals surface area (Å²) < 4.78 is 59.1. The van der Waals surface area contributed by atoms with Gasteiger partial charge in [0.2, 0.25) is 24.5 Å². The van der Waals surface area contributed by atoms with Gasteiger partial charge in [-0.25, -0.2) is 8.78 Å². The van der Waals surface area contributed by atoms with Crippen molar-refractivity contribution in [3.05, 3.63) is 220 Å². The highest BCUT2D eigenvalue weighted by atomic mass is 19.1. The van der Waals surface area contributed by atoms with E-state index in [1.807, 2.05) is 146 Å². The molecular formula is C118H154F2N10O19. The molecule has 0 radical (unpaired) electrons. The van der Waals surface area contributed by atoms with E-state index in [4.69, 9.17) is 38.2 Å². The molecule has 8 aromatic carbocycles. The maximum absolute atomic E-state index is 15.0. The number of likely N-dealkylation sites (N-methyl/N-ethyl adjacent to an activating group) is 1. The molecule has 4 heterocycles. The van der Waals surface area contributed by atoms with Crippen molar-refractivity contribution >= 4 is 35.4 Å². The van der Waals surface area contributed by atoms with Gasteiger partial charge in [0.05, 0.1) is 89.7 Å². The van der Waals surface area contributed by atoms with Crippen molar-refractivity contribution < 1.29 is 101 Å². The van der Waals surface area contributed by atoms with Gasteiger partial charge in [-0.2, -0.15) is 15.2 Å². The number of fused-ring (bicyclic) bond motifs is 7. The van der Waals surface area contributed by atoms with Crippen LogP contribution in [0.15, 0.2) is 164 Å². The van der Waals surface area contributed by atoms with E-state index in [9.17, 15) is 63.1 Å². The Hall–Kier alpha value is -11.0. The van der Waals surface area contributed by atoms with Gasteiger partial charge < -0.3 is 86.0 Å². The summed E-state index contributed by atoms with van der Waals surface area (Å²) >= 11 is 0. The molecule has 804 valence electrons. The summed E-state index contributed by atoms with van der Waals surface area (Å²) in [7, 11) is 8.46. The number of methoxy groups -OCH3 is 3. The lowest BCUT2D eigenvalue weighted by atomic mass is 9.45. The molecule has 4 aliphatic heterocycles. The predicted molar refractivity (Wildman–Crippen MR) is 563 cm³/mol. The average Bonchev–Trinajstić information content (AvgIpc) is 1.39. The first-order valence-corrected chi connectivity index (χ1v) is 53.2. The van der Waals surface area contributed by atoms with E-state index in [0.29, 0.717) is 165 Å². The zero-order valence-corrected chi connectivity index (χ0v) is 89.4. The minimum atomic E-state index is -0.922. The summed E-state index contributed by atoms with van der Waals surface area (Å²) in [6.45, 7) is 29.5. The highest BCUT2D eigenvalue weighted by molar-refractivity contribution is 6.00. The summed E-state index contributed by atoms with van der Waals surface area (Å²) in [5.74, 6) is 2.39. The van der Waals surface area contributed by atoms with Crippen molar-refractivity contribution in [2.75, 3.05) is 88.2 Å². The Bertz CT molecular complexity index is 6050. The van der Waals surface area contributed by atoms with Gasteiger partial charge in [0, 0.05) is 95.4 Å². The van der Waals surface area contributed by atoms with Crippen molar-refractivity contribution in [1.29, 1.82) is 0 Å². The number of nitrogens with zero attached hydrogens (tertiary/aromatic N) is 4. The summed E-state index contributed by atoms with van der Waals surface area (Å²) in [6.07, 6.45) is 3.83. The zero-order chi connectivity index (χ0) is 107. The largest absolute Gasteiger partial charge is 0.496 e. The lowest BCUT2D eigenvalue weighted by Gasteiger charge is -2.62. The van der Waals surface area contributed by atoms with E-state index in [-0.39, 0.29) is 122 Å². The van der Waals surface area contributed by atoms with Crippen LogP contribution in [0.1, 0.15) is 187 Å². The summed E-state index contributed by atoms with van der Waals surface area (Å²) in [5, 5.41) is 76.0.